The van der Waals surface area contributed by atoms with E-state index in [0.717, 1.165) is 29.3 Å². The van der Waals surface area contributed by atoms with E-state index in [2.05, 4.69) is 15.1 Å². The minimum atomic E-state index is -3.61. The Morgan fingerprint density at radius 1 is 1.32 bits per heavy atom. The van der Waals surface area contributed by atoms with E-state index >= 15 is 0 Å². The number of hydrogen-bond acceptors (Lipinski definition) is 4. The zero-order valence-corrected chi connectivity index (χ0v) is 15.4. The van der Waals surface area contributed by atoms with E-state index < -0.39 is 15.8 Å². The molecule has 0 saturated carbocycles. The quantitative estimate of drug-likeness (QED) is 0.817. The molecule has 0 unspecified atom stereocenters. The summed E-state index contributed by atoms with van der Waals surface area (Å²) in [6.07, 6.45) is 1.70. The van der Waals surface area contributed by atoms with E-state index in [-0.39, 0.29) is 18.0 Å². The normalized spacial score (nSPS) is 11.4. The average molecular weight is 368 g/mol. The van der Waals surface area contributed by atoms with Crippen LogP contribution in [0.4, 0.5) is 15.8 Å². The van der Waals surface area contributed by atoms with Gasteiger partial charge in [0.2, 0.25) is 15.9 Å². The highest BCUT2D eigenvalue weighted by Crippen LogP contribution is 2.21. The van der Waals surface area contributed by atoms with Crippen molar-refractivity contribution in [1.29, 1.82) is 0 Å². The summed E-state index contributed by atoms with van der Waals surface area (Å²) >= 11 is 0. The Kier molecular flexibility index (Phi) is 5.46. The van der Waals surface area contributed by atoms with Crippen LogP contribution in [0.25, 0.3) is 0 Å². The molecule has 0 fully saturated rings. The standard InChI is InChI=1S/C16H21FN4O3S/c1-10-13(11(2)21(3)19-10)6-8-16(22)18-12-5-7-14(17)15(9-12)20-25(4,23)24/h5,7,9,20H,6,8H2,1-4H3,(H,18,22). The van der Waals surface area contributed by atoms with Crippen LogP contribution in [0.5, 0.6) is 0 Å². The SMILES string of the molecule is Cc1nn(C)c(C)c1CCC(=O)Nc1ccc(F)c(NS(C)(=O)=O)c1. The highest BCUT2D eigenvalue weighted by Gasteiger charge is 2.13. The third-order valence-electron chi connectivity index (χ3n) is 3.81. The Bertz CT molecular complexity index is 906. The molecular weight excluding hydrogens is 347 g/mol. The van der Waals surface area contributed by atoms with E-state index in [1.165, 1.54) is 12.1 Å². The number of amides is 1. The molecule has 9 heteroatoms. The number of sulfonamides is 1. The lowest BCUT2D eigenvalue weighted by molar-refractivity contribution is -0.116. The molecule has 25 heavy (non-hydrogen) atoms. The molecule has 7 nitrogen and oxygen atoms in total. The van der Waals surface area contributed by atoms with Gasteiger partial charge in [0.25, 0.3) is 0 Å². The zero-order chi connectivity index (χ0) is 18.8. The maximum Gasteiger partial charge on any atom is 0.229 e. The summed E-state index contributed by atoms with van der Waals surface area (Å²) < 4.78 is 40.0. The second kappa shape index (κ2) is 7.22. The second-order valence-corrected chi connectivity index (χ2v) is 7.64. The van der Waals surface area contributed by atoms with Gasteiger partial charge in [0, 0.05) is 24.8 Å². The van der Waals surface area contributed by atoms with Crippen molar-refractivity contribution in [2.45, 2.75) is 26.7 Å². The van der Waals surface area contributed by atoms with Gasteiger partial charge in [-0.3, -0.25) is 14.2 Å². The van der Waals surface area contributed by atoms with Gasteiger partial charge in [-0.25, -0.2) is 12.8 Å². The molecule has 1 heterocycles. The molecule has 0 saturated heterocycles. The van der Waals surface area contributed by atoms with Crippen molar-refractivity contribution in [2.75, 3.05) is 16.3 Å². The number of hydrogen-bond donors (Lipinski definition) is 2. The van der Waals surface area contributed by atoms with Gasteiger partial charge < -0.3 is 5.32 Å². The molecule has 0 aliphatic carbocycles. The summed E-state index contributed by atoms with van der Waals surface area (Å²) in [6.45, 7) is 3.83. The van der Waals surface area contributed by atoms with Crippen molar-refractivity contribution in [3.63, 3.8) is 0 Å². The Balaban J connectivity index is 2.04. The van der Waals surface area contributed by atoms with Gasteiger partial charge in [-0.05, 0) is 44.0 Å². The number of aromatic nitrogens is 2. The van der Waals surface area contributed by atoms with E-state index in [0.29, 0.717) is 12.1 Å². The van der Waals surface area contributed by atoms with Crippen molar-refractivity contribution in [3.8, 4) is 0 Å². The van der Waals surface area contributed by atoms with Crippen molar-refractivity contribution < 1.29 is 17.6 Å². The molecule has 136 valence electrons. The van der Waals surface area contributed by atoms with Crippen LogP contribution in [-0.4, -0.2) is 30.4 Å². The van der Waals surface area contributed by atoms with Crippen LogP contribution in [0.1, 0.15) is 23.4 Å². The Morgan fingerprint density at radius 2 is 2.00 bits per heavy atom. The van der Waals surface area contributed by atoms with Gasteiger partial charge in [-0.1, -0.05) is 0 Å². The van der Waals surface area contributed by atoms with Crippen molar-refractivity contribution in [2.24, 2.45) is 7.05 Å². The summed E-state index contributed by atoms with van der Waals surface area (Å²) in [5.74, 6) is -0.968. The Hall–Kier alpha value is -2.42. The maximum absolute atomic E-state index is 13.6. The van der Waals surface area contributed by atoms with Crippen LogP contribution in [-0.2, 0) is 28.3 Å². The number of halogens is 1. The minimum Gasteiger partial charge on any atom is -0.326 e. The Labute approximate surface area is 146 Å². The molecule has 0 atom stereocenters. The smallest absolute Gasteiger partial charge is 0.229 e. The van der Waals surface area contributed by atoms with Crippen molar-refractivity contribution in [3.05, 3.63) is 41.0 Å². The van der Waals surface area contributed by atoms with E-state index in [4.69, 9.17) is 0 Å². The van der Waals surface area contributed by atoms with Gasteiger partial charge in [0.1, 0.15) is 5.82 Å². The molecule has 1 aromatic heterocycles. The molecule has 2 aromatic rings. The molecule has 2 rings (SSSR count). The molecule has 0 aliphatic rings. The van der Waals surface area contributed by atoms with Crippen LogP contribution in [0.2, 0.25) is 0 Å². The first-order chi connectivity index (χ1) is 11.6. The van der Waals surface area contributed by atoms with E-state index in [1.54, 1.807) is 4.68 Å². The number of anilines is 2. The predicted molar refractivity (Wildman–Crippen MR) is 94.5 cm³/mol. The fourth-order valence-electron chi connectivity index (χ4n) is 2.52. The van der Waals surface area contributed by atoms with Gasteiger partial charge in [0.15, 0.2) is 0 Å². The van der Waals surface area contributed by atoms with Crippen LogP contribution in [0, 0.1) is 19.7 Å². The largest absolute Gasteiger partial charge is 0.326 e. The summed E-state index contributed by atoms with van der Waals surface area (Å²) in [4.78, 5) is 12.1. The van der Waals surface area contributed by atoms with Crippen LogP contribution in [0.15, 0.2) is 18.2 Å². The lowest BCUT2D eigenvalue weighted by Crippen LogP contribution is -2.14. The fourth-order valence-corrected chi connectivity index (χ4v) is 3.08. The average Bonchev–Trinajstić information content (AvgIpc) is 2.72. The maximum atomic E-state index is 13.6. The molecule has 0 spiro atoms. The number of carbonyl (C=O) groups is 1. The molecule has 1 aromatic carbocycles. The summed E-state index contributed by atoms with van der Waals surface area (Å²) in [5.41, 5.74) is 3.02. The molecule has 0 aliphatic heterocycles. The first kappa shape index (κ1) is 18.9. The number of aryl methyl sites for hydroxylation is 2. The van der Waals surface area contributed by atoms with Gasteiger partial charge in [-0.15, -0.1) is 0 Å². The molecule has 2 N–H and O–H groups in total. The van der Waals surface area contributed by atoms with Gasteiger partial charge >= 0.3 is 0 Å². The van der Waals surface area contributed by atoms with Crippen LogP contribution < -0.4 is 10.0 Å². The molecular formula is C16H21FN4O3S. The van der Waals surface area contributed by atoms with E-state index in [9.17, 15) is 17.6 Å². The first-order valence-electron chi connectivity index (χ1n) is 7.63. The minimum absolute atomic E-state index is 0.209. The lowest BCUT2D eigenvalue weighted by atomic mass is 10.1. The highest BCUT2D eigenvalue weighted by molar-refractivity contribution is 7.92. The number of nitrogens with one attached hydrogen (secondary N) is 2. The highest BCUT2D eigenvalue weighted by atomic mass is 32.2. The van der Waals surface area contributed by atoms with Crippen LogP contribution >= 0.6 is 0 Å². The van der Waals surface area contributed by atoms with Crippen LogP contribution in [0.3, 0.4) is 0 Å². The number of rotatable bonds is 6. The van der Waals surface area contributed by atoms with Crippen molar-refractivity contribution in [1.82, 2.24) is 9.78 Å². The summed E-state index contributed by atoms with van der Waals surface area (Å²) in [7, 11) is -1.76. The summed E-state index contributed by atoms with van der Waals surface area (Å²) in [6, 6.07) is 3.72. The summed E-state index contributed by atoms with van der Waals surface area (Å²) in [5, 5.41) is 6.95. The van der Waals surface area contributed by atoms with Crippen molar-refractivity contribution >= 4 is 27.3 Å². The topological polar surface area (TPSA) is 93.1 Å². The third-order valence-corrected chi connectivity index (χ3v) is 4.40. The zero-order valence-electron chi connectivity index (χ0n) is 14.6. The monoisotopic (exact) mass is 368 g/mol. The van der Waals surface area contributed by atoms with E-state index in [1.807, 2.05) is 20.9 Å². The lowest BCUT2D eigenvalue weighted by Gasteiger charge is -2.09. The molecule has 1 amide bonds. The molecule has 0 bridgehead atoms. The van der Waals surface area contributed by atoms with Gasteiger partial charge in [-0.2, -0.15) is 5.10 Å². The van der Waals surface area contributed by atoms with Gasteiger partial charge in [0.05, 0.1) is 17.6 Å². The third kappa shape index (κ3) is 5.02. The number of nitrogens with zero attached hydrogens (tertiary/aromatic N) is 2. The number of carbonyl (C=O) groups excluding carboxylic acids is 1. The molecule has 0 radical (unpaired) electrons. The Morgan fingerprint density at radius 3 is 2.56 bits per heavy atom. The fraction of sp³-hybridized carbons (Fsp3) is 0.375. The first-order valence-corrected chi connectivity index (χ1v) is 9.52. The number of benzene rings is 1. The predicted octanol–water partition coefficient (Wildman–Crippen LogP) is 2.12. The second-order valence-electron chi connectivity index (χ2n) is 5.89.